The molecule has 1 aromatic carbocycles. The molecule has 1 rings (SSSR count). The van der Waals surface area contributed by atoms with Gasteiger partial charge in [-0.1, -0.05) is 11.6 Å². The molecule has 0 atom stereocenters. The number of benzene rings is 1. The molecule has 0 unspecified atom stereocenters. The molecule has 0 aliphatic carbocycles. The third-order valence-corrected chi connectivity index (χ3v) is 2.73. The molecule has 100 valence electrons. The number of carboxylic acids is 1. The quantitative estimate of drug-likeness (QED) is 0.908. The van der Waals surface area contributed by atoms with Crippen LogP contribution in [-0.4, -0.2) is 11.1 Å². The van der Waals surface area contributed by atoms with Crippen molar-refractivity contribution in [3.8, 4) is 0 Å². The van der Waals surface area contributed by atoms with Gasteiger partial charge in [-0.05, 0) is 44.0 Å². The minimum absolute atomic E-state index is 0.0219. The van der Waals surface area contributed by atoms with Crippen molar-refractivity contribution in [2.75, 3.05) is 0 Å². The molecule has 0 saturated heterocycles. The largest absolute Gasteiger partial charge is 0.481 e. The van der Waals surface area contributed by atoms with Gasteiger partial charge in [-0.25, -0.2) is 0 Å². The second-order valence-electron chi connectivity index (χ2n) is 4.71. The van der Waals surface area contributed by atoms with E-state index in [1.807, 2.05) is 0 Å². The van der Waals surface area contributed by atoms with Gasteiger partial charge >= 0.3 is 12.1 Å². The summed E-state index contributed by atoms with van der Waals surface area (Å²) in [7, 11) is 0. The smallest absolute Gasteiger partial charge is 0.416 e. The molecule has 0 fully saturated rings. The Bertz CT molecular complexity index is 467. The van der Waals surface area contributed by atoms with Gasteiger partial charge in [0.15, 0.2) is 0 Å². The van der Waals surface area contributed by atoms with Crippen molar-refractivity contribution < 1.29 is 23.1 Å². The lowest BCUT2D eigenvalue weighted by molar-refractivity contribution is -0.146. The summed E-state index contributed by atoms with van der Waals surface area (Å²) >= 11 is 5.62. The first-order valence-electron chi connectivity index (χ1n) is 5.12. The summed E-state index contributed by atoms with van der Waals surface area (Å²) < 4.78 is 37.7. The third-order valence-electron chi connectivity index (χ3n) is 2.51. The lowest BCUT2D eigenvalue weighted by atomic mass is 9.85. The normalized spacial score (nSPS) is 12.6. The number of carboxylic acid groups (broad SMARTS) is 1. The monoisotopic (exact) mass is 280 g/mol. The maximum atomic E-state index is 12.6. The zero-order valence-electron chi connectivity index (χ0n) is 9.81. The number of rotatable bonds is 3. The highest BCUT2D eigenvalue weighted by molar-refractivity contribution is 6.30. The molecule has 18 heavy (non-hydrogen) atoms. The van der Waals surface area contributed by atoms with Crippen LogP contribution in [0.2, 0.25) is 5.02 Å². The van der Waals surface area contributed by atoms with E-state index in [9.17, 15) is 18.0 Å². The van der Waals surface area contributed by atoms with Crippen molar-refractivity contribution in [1.82, 2.24) is 0 Å². The molecule has 2 nitrogen and oxygen atoms in total. The number of halogens is 4. The van der Waals surface area contributed by atoms with Crippen LogP contribution in [0.15, 0.2) is 18.2 Å². The summed E-state index contributed by atoms with van der Waals surface area (Å²) in [4.78, 5) is 10.9. The van der Waals surface area contributed by atoms with E-state index in [0.717, 1.165) is 12.1 Å². The van der Waals surface area contributed by atoms with Crippen LogP contribution in [0.25, 0.3) is 0 Å². The van der Waals surface area contributed by atoms with Crippen LogP contribution >= 0.6 is 11.6 Å². The lowest BCUT2D eigenvalue weighted by Gasteiger charge is -2.20. The summed E-state index contributed by atoms with van der Waals surface area (Å²) in [6, 6.07) is 3.09. The van der Waals surface area contributed by atoms with E-state index in [1.54, 1.807) is 0 Å². The first-order valence-corrected chi connectivity index (χ1v) is 5.50. The Hall–Kier alpha value is -1.23. The molecule has 1 aromatic rings. The van der Waals surface area contributed by atoms with Crippen LogP contribution in [0, 0.1) is 5.41 Å². The van der Waals surface area contributed by atoms with Crippen molar-refractivity contribution >= 4 is 17.6 Å². The van der Waals surface area contributed by atoms with Gasteiger partial charge < -0.3 is 5.11 Å². The molecule has 0 saturated carbocycles. The summed E-state index contributed by atoms with van der Waals surface area (Å²) in [6.45, 7) is 2.90. The topological polar surface area (TPSA) is 37.3 Å². The zero-order valence-corrected chi connectivity index (χ0v) is 10.6. The average molecular weight is 281 g/mol. The molecule has 0 amide bonds. The summed E-state index contributed by atoms with van der Waals surface area (Å²) in [5.74, 6) is -1.07. The molecular formula is C12H12ClF3O2. The van der Waals surface area contributed by atoms with Gasteiger partial charge in [0.25, 0.3) is 0 Å². The van der Waals surface area contributed by atoms with E-state index in [-0.39, 0.29) is 17.0 Å². The van der Waals surface area contributed by atoms with E-state index < -0.39 is 23.1 Å². The molecular weight excluding hydrogens is 269 g/mol. The molecule has 1 N–H and O–H groups in total. The second-order valence-corrected chi connectivity index (χ2v) is 5.15. The summed E-state index contributed by atoms with van der Waals surface area (Å²) in [5.41, 5.74) is -1.76. The molecule has 0 aliphatic rings. The van der Waals surface area contributed by atoms with Gasteiger partial charge in [-0.3, -0.25) is 4.79 Å². The van der Waals surface area contributed by atoms with E-state index in [0.29, 0.717) is 0 Å². The highest BCUT2D eigenvalue weighted by Gasteiger charge is 2.33. The van der Waals surface area contributed by atoms with Crippen molar-refractivity contribution in [3.63, 3.8) is 0 Å². The van der Waals surface area contributed by atoms with Crippen LogP contribution in [0.1, 0.15) is 25.0 Å². The number of alkyl halides is 3. The number of carbonyl (C=O) groups is 1. The van der Waals surface area contributed by atoms with E-state index in [2.05, 4.69) is 0 Å². The fourth-order valence-electron chi connectivity index (χ4n) is 1.50. The molecule has 0 aromatic heterocycles. The number of hydrogen-bond acceptors (Lipinski definition) is 1. The highest BCUT2D eigenvalue weighted by Crippen LogP contribution is 2.33. The first kappa shape index (κ1) is 14.8. The van der Waals surface area contributed by atoms with E-state index in [4.69, 9.17) is 16.7 Å². The van der Waals surface area contributed by atoms with Crippen molar-refractivity contribution in [2.24, 2.45) is 5.41 Å². The summed E-state index contributed by atoms with van der Waals surface area (Å²) in [6.07, 6.45) is -4.51. The average Bonchev–Trinajstić information content (AvgIpc) is 2.13. The van der Waals surface area contributed by atoms with Crippen LogP contribution in [0.3, 0.4) is 0 Å². The van der Waals surface area contributed by atoms with Crippen LogP contribution < -0.4 is 0 Å². The van der Waals surface area contributed by atoms with Crippen LogP contribution in [0.5, 0.6) is 0 Å². The minimum atomic E-state index is -4.49. The Morgan fingerprint density at radius 1 is 1.28 bits per heavy atom. The first-order chi connectivity index (χ1) is 8.02. The highest BCUT2D eigenvalue weighted by atomic mass is 35.5. The van der Waals surface area contributed by atoms with Crippen molar-refractivity contribution in [3.05, 3.63) is 34.3 Å². The van der Waals surface area contributed by atoms with Gasteiger partial charge in [-0.15, -0.1) is 0 Å². The van der Waals surface area contributed by atoms with Gasteiger partial charge in [-0.2, -0.15) is 13.2 Å². The second kappa shape index (κ2) is 4.80. The van der Waals surface area contributed by atoms with Crippen molar-refractivity contribution in [2.45, 2.75) is 26.4 Å². The van der Waals surface area contributed by atoms with Gasteiger partial charge in [0.1, 0.15) is 0 Å². The minimum Gasteiger partial charge on any atom is -0.481 e. The van der Waals surface area contributed by atoms with Gasteiger partial charge in [0.2, 0.25) is 0 Å². The molecule has 0 spiro atoms. The number of hydrogen-bond donors (Lipinski definition) is 1. The number of aliphatic carboxylic acids is 1. The molecule has 0 aliphatic heterocycles. The molecule has 0 heterocycles. The molecule has 0 bridgehead atoms. The van der Waals surface area contributed by atoms with Gasteiger partial charge in [0, 0.05) is 5.02 Å². The van der Waals surface area contributed by atoms with Gasteiger partial charge in [0.05, 0.1) is 11.0 Å². The third kappa shape index (κ3) is 3.63. The molecule has 6 heteroatoms. The maximum Gasteiger partial charge on any atom is 0.416 e. The van der Waals surface area contributed by atoms with E-state index in [1.165, 1.54) is 19.9 Å². The maximum absolute atomic E-state index is 12.6. The standard InChI is InChI=1S/C12H12ClF3O2/c1-11(2,10(17)18)6-7-3-8(12(14,15)16)5-9(13)4-7/h3-5H,6H2,1-2H3,(H,17,18). The molecule has 0 radical (unpaired) electrons. The Labute approximate surface area is 107 Å². The summed E-state index contributed by atoms with van der Waals surface area (Å²) in [5, 5.41) is 8.89. The van der Waals surface area contributed by atoms with Crippen LogP contribution in [-0.2, 0) is 17.4 Å². The predicted octanol–water partition coefficient (Wildman–Crippen LogP) is 4.01. The Morgan fingerprint density at radius 3 is 2.28 bits per heavy atom. The zero-order chi connectivity index (χ0) is 14.1. The van der Waals surface area contributed by atoms with Crippen LogP contribution in [0.4, 0.5) is 13.2 Å². The van der Waals surface area contributed by atoms with Crippen molar-refractivity contribution in [1.29, 1.82) is 0 Å². The fourth-order valence-corrected chi connectivity index (χ4v) is 1.76. The predicted molar refractivity (Wildman–Crippen MR) is 61.6 cm³/mol. The Balaban J connectivity index is 3.12. The lowest BCUT2D eigenvalue weighted by Crippen LogP contribution is -2.26. The fraction of sp³-hybridized carbons (Fsp3) is 0.417. The Kier molecular flexibility index (Phi) is 3.96. The Morgan fingerprint density at radius 2 is 1.83 bits per heavy atom. The SMILES string of the molecule is CC(C)(Cc1cc(Cl)cc(C(F)(F)F)c1)C(=O)O. The van der Waals surface area contributed by atoms with E-state index >= 15 is 0 Å².